The molecule has 1 saturated carbocycles. The Morgan fingerprint density at radius 2 is 1.88 bits per heavy atom. The fraction of sp³-hybridized carbons (Fsp3) is 0.471. The minimum absolute atomic E-state index is 0.274. The standard InChI is InChI=1S/C17H21FN2O4/c1-10-5-7-17(8-6-10,16(23)24)20-15(22)13-9-12(19-11(2)21)3-4-14(13)18/h3-4,9-10H,5-8H2,1-2H3,(H,19,21)(H,20,22)(H,23,24). The SMILES string of the molecule is CC(=O)Nc1ccc(F)c(C(=O)NC2(C(=O)O)CCC(C)CC2)c1. The van der Waals surface area contributed by atoms with Crippen LogP contribution in [0.4, 0.5) is 10.1 Å². The van der Waals surface area contributed by atoms with Crippen LogP contribution in [0.2, 0.25) is 0 Å². The van der Waals surface area contributed by atoms with E-state index in [1.807, 2.05) is 6.92 Å². The van der Waals surface area contributed by atoms with Gasteiger partial charge >= 0.3 is 5.97 Å². The van der Waals surface area contributed by atoms with Crippen molar-refractivity contribution >= 4 is 23.5 Å². The van der Waals surface area contributed by atoms with Gasteiger partial charge in [0.05, 0.1) is 5.56 Å². The summed E-state index contributed by atoms with van der Waals surface area (Å²) in [7, 11) is 0. The average molecular weight is 336 g/mol. The van der Waals surface area contributed by atoms with Crippen molar-refractivity contribution in [3.63, 3.8) is 0 Å². The molecule has 1 aliphatic carbocycles. The van der Waals surface area contributed by atoms with Crippen LogP contribution < -0.4 is 10.6 Å². The third-order valence-electron chi connectivity index (χ3n) is 4.42. The van der Waals surface area contributed by atoms with Gasteiger partial charge in [-0.25, -0.2) is 9.18 Å². The molecule has 0 radical (unpaired) electrons. The number of anilines is 1. The van der Waals surface area contributed by atoms with Crippen molar-refractivity contribution in [3.05, 3.63) is 29.6 Å². The average Bonchev–Trinajstić information content (AvgIpc) is 2.51. The lowest BCUT2D eigenvalue weighted by atomic mass is 9.77. The zero-order chi connectivity index (χ0) is 17.9. The van der Waals surface area contributed by atoms with Gasteiger partial charge in [-0.05, 0) is 49.8 Å². The van der Waals surface area contributed by atoms with Gasteiger partial charge in [0.15, 0.2) is 0 Å². The van der Waals surface area contributed by atoms with Crippen molar-refractivity contribution < 1.29 is 23.9 Å². The molecule has 0 aromatic heterocycles. The molecule has 3 N–H and O–H groups in total. The van der Waals surface area contributed by atoms with E-state index < -0.39 is 23.2 Å². The maximum Gasteiger partial charge on any atom is 0.329 e. The predicted molar refractivity (Wildman–Crippen MR) is 86.2 cm³/mol. The molecule has 1 fully saturated rings. The Morgan fingerprint density at radius 3 is 2.42 bits per heavy atom. The zero-order valence-electron chi connectivity index (χ0n) is 13.7. The van der Waals surface area contributed by atoms with Gasteiger partial charge in [0.25, 0.3) is 5.91 Å². The number of amides is 2. The van der Waals surface area contributed by atoms with Gasteiger partial charge < -0.3 is 15.7 Å². The summed E-state index contributed by atoms with van der Waals surface area (Å²) in [5, 5.41) is 14.5. The van der Waals surface area contributed by atoms with E-state index in [9.17, 15) is 23.9 Å². The summed E-state index contributed by atoms with van der Waals surface area (Å²) in [6.07, 6.45) is 1.98. The first-order valence-electron chi connectivity index (χ1n) is 7.86. The number of hydrogen-bond donors (Lipinski definition) is 3. The molecule has 0 unspecified atom stereocenters. The third kappa shape index (κ3) is 3.90. The normalized spacial score (nSPS) is 23.4. The summed E-state index contributed by atoms with van der Waals surface area (Å²) >= 11 is 0. The number of carboxylic acid groups (broad SMARTS) is 1. The molecule has 1 aromatic rings. The molecule has 1 aliphatic rings. The summed E-state index contributed by atoms with van der Waals surface area (Å²) in [5.41, 5.74) is -1.39. The summed E-state index contributed by atoms with van der Waals surface area (Å²) < 4.78 is 14.0. The Kier molecular flexibility index (Phi) is 5.21. The van der Waals surface area contributed by atoms with E-state index in [1.165, 1.54) is 19.1 Å². The third-order valence-corrected chi connectivity index (χ3v) is 4.42. The highest BCUT2D eigenvalue weighted by atomic mass is 19.1. The molecule has 2 amide bonds. The van der Waals surface area contributed by atoms with Crippen LogP contribution in [0, 0.1) is 11.7 Å². The predicted octanol–water partition coefficient (Wildman–Crippen LogP) is 2.55. The Morgan fingerprint density at radius 1 is 1.25 bits per heavy atom. The Balaban J connectivity index is 2.24. The van der Waals surface area contributed by atoms with Crippen molar-refractivity contribution in [2.45, 2.75) is 45.1 Å². The van der Waals surface area contributed by atoms with Gasteiger partial charge in [0.2, 0.25) is 5.91 Å². The Hall–Kier alpha value is -2.44. The lowest BCUT2D eigenvalue weighted by Gasteiger charge is -2.36. The van der Waals surface area contributed by atoms with Crippen LogP contribution in [0.1, 0.15) is 49.9 Å². The quantitative estimate of drug-likeness (QED) is 0.787. The fourth-order valence-electron chi connectivity index (χ4n) is 2.91. The highest BCUT2D eigenvalue weighted by Crippen LogP contribution is 2.32. The summed E-state index contributed by atoms with van der Waals surface area (Å²) in [6.45, 7) is 3.33. The number of carbonyl (C=O) groups is 3. The summed E-state index contributed by atoms with van der Waals surface area (Å²) in [4.78, 5) is 35.2. The van der Waals surface area contributed by atoms with Crippen LogP contribution in [0.5, 0.6) is 0 Å². The van der Waals surface area contributed by atoms with Crippen molar-refractivity contribution in [2.24, 2.45) is 5.92 Å². The smallest absolute Gasteiger partial charge is 0.329 e. The molecule has 2 rings (SSSR count). The first-order valence-corrected chi connectivity index (χ1v) is 7.86. The van der Waals surface area contributed by atoms with E-state index in [-0.39, 0.29) is 17.2 Å². The van der Waals surface area contributed by atoms with Gasteiger partial charge in [-0.3, -0.25) is 9.59 Å². The van der Waals surface area contributed by atoms with Crippen LogP contribution >= 0.6 is 0 Å². The van der Waals surface area contributed by atoms with Gasteiger partial charge in [-0.1, -0.05) is 6.92 Å². The van der Waals surface area contributed by atoms with Crippen LogP contribution in [0.3, 0.4) is 0 Å². The molecule has 0 saturated heterocycles. The molecular weight excluding hydrogens is 315 g/mol. The minimum Gasteiger partial charge on any atom is -0.480 e. The minimum atomic E-state index is -1.37. The lowest BCUT2D eigenvalue weighted by Crippen LogP contribution is -2.56. The zero-order valence-corrected chi connectivity index (χ0v) is 13.7. The Labute approximate surface area is 139 Å². The molecule has 7 heteroatoms. The molecule has 6 nitrogen and oxygen atoms in total. The number of nitrogens with one attached hydrogen (secondary N) is 2. The number of halogens is 1. The van der Waals surface area contributed by atoms with E-state index in [0.29, 0.717) is 31.6 Å². The molecule has 0 spiro atoms. The first kappa shape index (κ1) is 17.9. The van der Waals surface area contributed by atoms with Gasteiger partial charge in [0, 0.05) is 12.6 Å². The van der Waals surface area contributed by atoms with E-state index >= 15 is 0 Å². The molecule has 130 valence electrons. The fourth-order valence-corrected chi connectivity index (χ4v) is 2.91. The molecule has 0 aliphatic heterocycles. The van der Waals surface area contributed by atoms with Crippen molar-refractivity contribution in [2.75, 3.05) is 5.32 Å². The van der Waals surface area contributed by atoms with E-state index in [4.69, 9.17) is 0 Å². The number of carboxylic acids is 1. The Bertz CT molecular complexity index is 667. The summed E-state index contributed by atoms with van der Waals surface area (Å²) in [6, 6.07) is 3.60. The molecular formula is C17H21FN2O4. The number of hydrogen-bond acceptors (Lipinski definition) is 3. The van der Waals surface area contributed by atoms with Gasteiger partial charge in [0.1, 0.15) is 11.4 Å². The highest BCUT2D eigenvalue weighted by molar-refractivity contribution is 5.99. The molecule has 1 aromatic carbocycles. The van der Waals surface area contributed by atoms with Crippen LogP contribution in [-0.4, -0.2) is 28.4 Å². The second kappa shape index (κ2) is 6.98. The first-order chi connectivity index (χ1) is 11.2. The van der Waals surface area contributed by atoms with Crippen molar-refractivity contribution in [1.29, 1.82) is 0 Å². The van der Waals surface area contributed by atoms with Crippen molar-refractivity contribution in [3.8, 4) is 0 Å². The van der Waals surface area contributed by atoms with Crippen LogP contribution in [0.25, 0.3) is 0 Å². The molecule has 0 atom stereocenters. The molecule has 24 heavy (non-hydrogen) atoms. The van der Waals surface area contributed by atoms with Crippen molar-refractivity contribution in [1.82, 2.24) is 5.32 Å². The topological polar surface area (TPSA) is 95.5 Å². The maximum absolute atomic E-state index is 14.0. The van der Waals surface area contributed by atoms with E-state index in [0.717, 1.165) is 6.07 Å². The number of benzene rings is 1. The number of carbonyl (C=O) groups excluding carboxylic acids is 2. The monoisotopic (exact) mass is 336 g/mol. The van der Waals surface area contributed by atoms with Crippen LogP contribution in [0.15, 0.2) is 18.2 Å². The lowest BCUT2D eigenvalue weighted by molar-refractivity contribution is -0.146. The van der Waals surface area contributed by atoms with E-state index in [1.54, 1.807) is 0 Å². The number of aliphatic carboxylic acids is 1. The maximum atomic E-state index is 14.0. The summed E-state index contributed by atoms with van der Waals surface area (Å²) in [5.74, 6) is -2.63. The molecule has 0 heterocycles. The van der Waals surface area contributed by atoms with Crippen LogP contribution in [-0.2, 0) is 9.59 Å². The van der Waals surface area contributed by atoms with Gasteiger partial charge in [-0.15, -0.1) is 0 Å². The van der Waals surface area contributed by atoms with E-state index in [2.05, 4.69) is 10.6 Å². The largest absolute Gasteiger partial charge is 0.480 e. The second-order valence-electron chi connectivity index (χ2n) is 6.40. The second-order valence-corrected chi connectivity index (χ2v) is 6.40. The van der Waals surface area contributed by atoms with Gasteiger partial charge in [-0.2, -0.15) is 0 Å². The molecule has 0 bridgehead atoms. The highest BCUT2D eigenvalue weighted by Gasteiger charge is 2.42. The number of rotatable bonds is 4.